The number of hydrogen-bond donors (Lipinski definition) is 1. The van der Waals surface area contributed by atoms with E-state index in [0.29, 0.717) is 5.47 Å². The molecule has 1 aliphatic heterocycles. The molecule has 3 heteroatoms. The average molecular weight is 94.9 g/mol. The van der Waals surface area contributed by atoms with Gasteiger partial charge in [-0.3, -0.25) is 0 Å². The van der Waals surface area contributed by atoms with Gasteiger partial charge in [0.05, 0.1) is 0 Å². The lowest BCUT2D eigenvalue weighted by Gasteiger charge is -2.05. The molecule has 0 unspecified atom stereocenters. The molecule has 1 heterocycles. The quantitative estimate of drug-likeness (QED) is 0.468. The van der Waals surface area contributed by atoms with Crippen LogP contribution >= 0.6 is 0 Å². The van der Waals surface area contributed by atoms with Crippen molar-refractivity contribution < 1.29 is 9.90 Å². The highest BCUT2D eigenvalue weighted by molar-refractivity contribution is 6.57. The second-order valence-electron chi connectivity index (χ2n) is 1.40. The minimum absolute atomic E-state index is 0.444. The summed E-state index contributed by atoms with van der Waals surface area (Å²) in [5, 5.41) is 8.13. The number of rotatable bonds is 1. The third-order valence-electron chi connectivity index (χ3n) is 0.922. The molecule has 0 aromatic rings. The summed E-state index contributed by atoms with van der Waals surface area (Å²) in [7, 11) is 1.68. The van der Waals surface area contributed by atoms with Crippen LogP contribution in [0.4, 0.5) is 0 Å². The van der Waals surface area contributed by atoms with Gasteiger partial charge in [0.25, 0.3) is 0 Å². The van der Waals surface area contributed by atoms with Crippen molar-refractivity contribution in [3.8, 4) is 0 Å². The van der Waals surface area contributed by atoms with Crippen LogP contribution in [0.15, 0.2) is 11.5 Å². The van der Waals surface area contributed by atoms with Gasteiger partial charge in [-0.15, -0.1) is 0 Å². The fourth-order valence-electron chi connectivity index (χ4n) is 0.410. The molecule has 1 radical (unpaired) electrons. The Balaban J connectivity index is 2.57. The lowest BCUT2D eigenvalue weighted by Crippen LogP contribution is -2.14. The van der Waals surface area contributed by atoms with Crippen LogP contribution in [0.5, 0.6) is 0 Å². The van der Waals surface area contributed by atoms with Crippen molar-refractivity contribution in [1.82, 2.24) is 0 Å². The first-order valence-electron chi connectivity index (χ1n) is 2.07. The van der Waals surface area contributed by atoms with Crippen LogP contribution in [0.2, 0.25) is 6.32 Å². The molecule has 1 N–H and O–H groups in total. The molecular weight excluding hydrogens is 90.9 g/mol. The zero-order chi connectivity index (χ0) is 5.28. The Morgan fingerprint density at radius 3 is 2.57 bits per heavy atom. The van der Waals surface area contributed by atoms with Crippen molar-refractivity contribution in [2.24, 2.45) is 0 Å². The Kier molecular flexibility index (Phi) is 0.892. The topological polar surface area (TPSA) is 37.3 Å². The Bertz CT molecular complexity index is 128. The monoisotopic (exact) mass is 95.0 g/mol. The predicted octanol–water partition coefficient (Wildman–Crippen LogP) is 0.0910. The van der Waals surface area contributed by atoms with Gasteiger partial charge in [-0.2, -0.15) is 0 Å². The summed E-state index contributed by atoms with van der Waals surface area (Å²) < 4.78 is 0. The summed E-state index contributed by atoms with van der Waals surface area (Å²) in [4.78, 5) is 9.88. The van der Waals surface area contributed by atoms with E-state index in [0.717, 1.165) is 6.32 Å². The third kappa shape index (κ3) is 0.658. The molecule has 0 saturated carbocycles. The van der Waals surface area contributed by atoms with Crippen LogP contribution in [0.1, 0.15) is 0 Å². The predicted molar refractivity (Wildman–Crippen MR) is 26.3 cm³/mol. The van der Waals surface area contributed by atoms with Gasteiger partial charge in [0.2, 0.25) is 0 Å². The van der Waals surface area contributed by atoms with Crippen molar-refractivity contribution in [2.45, 2.75) is 6.32 Å². The van der Waals surface area contributed by atoms with Gasteiger partial charge in [0, 0.05) is 0 Å². The molecule has 0 aromatic heterocycles. The fraction of sp³-hybridized carbons (Fsp3) is 0.250. The number of hydrogen-bond acceptors (Lipinski definition) is 1. The van der Waals surface area contributed by atoms with Crippen LogP contribution in [0.3, 0.4) is 0 Å². The fourth-order valence-corrected chi connectivity index (χ4v) is 0.410. The molecule has 0 amide bonds. The van der Waals surface area contributed by atoms with Crippen molar-refractivity contribution in [2.75, 3.05) is 0 Å². The van der Waals surface area contributed by atoms with Crippen LogP contribution in [0, 0.1) is 0 Å². The normalized spacial score (nSPS) is 16.3. The molecular formula is C4H4BO2. The molecule has 0 aliphatic carbocycles. The molecule has 0 spiro atoms. The van der Waals surface area contributed by atoms with E-state index in [4.69, 9.17) is 5.11 Å². The second kappa shape index (κ2) is 1.41. The first kappa shape index (κ1) is 4.43. The summed E-state index contributed by atoms with van der Waals surface area (Å²) in [5.74, 6) is -0.814. The van der Waals surface area contributed by atoms with Gasteiger partial charge in [-0.25, -0.2) is 4.79 Å². The van der Waals surface area contributed by atoms with Crippen LogP contribution in [0.25, 0.3) is 0 Å². The van der Waals surface area contributed by atoms with E-state index in [1.165, 1.54) is 0 Å². The Morgan fingerprint density at radius 1 is 2.00 bits per heavy atom. The Labute approximate surface area is 42.1 Å². The first-order chi connectivity index (χ1) is 3.30. The van der Waals surface area contributed by atoms with E-state index in [1.54, 1.807) is 13.4 Å². The van der Waals surface area contributed by atoms with Crippen LogP contribution in [-0.2, 0) is 4.79 Å². The van der Waals surface area contributed by atoms with Gasteiger partial charge in [0.1, 0.15) is 0 Å². The summed E-state index contributed by atoms with van der Waals surface area (Å²) in [6.45, 7) is 0. The molecule has 0 fully saturated rings. The highest BCUT2D eigenvalue weighted by Gasteiger charge is 2.13. The number of carboxylic acid groups (broad SMARTS) is 1. The molecule has 1 aliphatic rings. The van der Waals surface area contributed by atoms with Gasteiger partial charge in [-0.05, 0) is 5.47 Å². The van der Waals surface area contributed by atoms with Gasteiger partial charge in [0.15, 0.2) is 7.28 Å². The van der Waals surface area contributed by atoms with E-state index in [1.807, 2.05) is 0 Å². The van der Waals surface area contributed by atoms with Crippen molar-refractivity contribution in [1.29, 1.82) is 0 Å². The van der Waals surface area contributed by atoms with E-state index in [9.17, 15) is 4.79 Å². The van der Waals surface area contributed by atoms with Crippen molar-refractivity contribution in [3.63, 3.8) is 0 Å². The summed E-state index contributed by atoms with van der Waals surface area (Å²) in [6, 6.07) is 0. The maximum atomic E-state index is 9.88. The molecule has 35 valence electrons. The summed E-state index contributed by atoms with van der Waals surface area (Å²) in [5.41, 5.74) is 0.444. The minimum Gasteiger partial charge on any atom is -0.478 e. The van der Waals surface area contributed by atoms with Crippen LogP contribution < -0.4 is 0 Å². The molecule has 2 nitrogen and oxygen atoms in total. The number of carbonyl (C=O) groups is 1. The van der Waals surface area contributed by atoms with E-state index >= 15 is 0 Å². The number of aliphatic carboxylic acids is 1. The number of carboxylic acids is 1. The molecule has 0 aromatic carbocycles. The average Bonchev–Trinajstić information content (AvgIpc) is 1.23. The van der Waals surface area contributed by atoms with E-state index in [2.05, 4.69) is 0 Å². The van der Waals surface area contributed by atoms with Crippen LogP contribution in [-0.4, -0.2) is 18.4 Å². The highest BCUT2D eigenvalue weighted by Crippen LogP contribution is 2.07. The Hall–Kier alpha value is -0.725. The molecule has 0 saturated heterocycles. The van der Waals surface area contributed by atoms with Crippen molar-refractivity contribution in [3.05, 3.63) is 11.5 Å². The zero-order valence-electron chi connectivity index (χ0n) is 3.72. The largest absolute Gasteiger partial charge is 0.478 e. The molecule has 7 heavy (non-hydrogen) atoms. The van der Waals surface area contributed by atoms with Gasteiger partial charge < -0.3 is 5.11 Å². The lowest BCUT2D eigenvalue weighted by atomic mass is 9.57. The van der Waals surface area contributed by atoms with Crippen molar-refractivity contribution >= 4 is 13.2 Å². The highest BCUT2D eigenvalue weighted by atomic mass is 16.4. The molecule has 0 atom stereocenters. The smallest absolute Gasteiger partial charge is 0.321 e. The summed E-state index contributed by atoms with van der Waals surface area (Å²) >= 11 is 0. The van der Waals surface area contributed by atoms with E-state index < -0.39 is 5.97 Å². The molecule has 0 bridgehead atoms. The standard InChI is InChI=1S/C4H4BO2/c6-4(7)3-1-2-5-3/h1H,2H2,(H,6,7). The SMILES string of the molecule is O=C(O)C1=CC[B]1. The third-order valence-corrected chi connectivity index (χ3v) is 0.922. The zero-order valence-corrected chi connectivity index (χ0v) is 3.72. The number of allylic oxidation sites excluding steroid dienone is 1. The Morgan fingerprint density at radius 2 is 2.57 bits per heavy atom. The maximum absolute atomic E-state index is 9.88. The van der Waals surface area contributed by atoms with Gasteiger partial charge >= 0.3 is 5.97 Å². The maximum Gasteiger partial charge on any atom is 0.321 e. The van der Waals surface area contributed by atoms with E-state index in [-0.39, 0.29) is 0 Å². The first-order valence-corrected chi connectivity index (χ1v) is 2.07. The van der Waals surface area contributed by atoms with Gasteiger partial charge in [-0.1, -0.05) is 12.4 Å². The summed E-state index contributed by atoms with van der Waals surface area (Å²) in [6.07, 6.45) is 2.50. The lowest BCUT2D eigenvalue weighted by molar-refractivity contribution is -0.132. The molecule has 1 rings (SSSR count). The second-order valence-corrected chi connectivity index (χ2v) is 1.40. The minimum atomic E-state index is -0.814.